The molecule has 2 heterocycles. The van der Waals surface area contributed by atoms with Crippen LogP contribution < -0.4 is 5.32 Å². The Kier molecular flexibility index (Phi) is 9.48. The van der Waals surface area contributed by atoms with Crippen LogP contribution in [0.25, 0.3) is 0 Å². The highest BCUT2D eigenvalue weighted by Crippen LogP contribution is 2.24. The molecule has 1 saturated heterocycles. The zero-order chi connectivity index (χ0) is 16.8. The van der Waals surface area contributed by atoms with Gasteiger partial charge in [-0.25, -0.2) is 4.98 Å². The molecule has 0 aromatic carbocycles. The summed E-state index contributed by atoms with van der Waals surface area (Å²) in [7, 11) is 1.87. The monoisotopic (exact) mass is 465 g/mol. The number of aromatic nitrogens is 2. The van der Waals surface area contributed by atoms with Crippen LogP contribution in [0, 0.1) is 11.8 Å². The summed E-state index contributed by atoms with van der Waals surface area (Å²) in [6, 6.07) is 0. The van der Waals surface area contributed by atoms with Gasteiger partial charge in [-0.05, 0) is 11.8 Å². The van der Waals surface area contributed by atoms with Crippen molar-refractivity contribution in [1.82, 2.24) is 19.8 Å². The summed E-state index contributed by atoms with van der Waals surface area (Å²) in [5, 5.41) is 4.18. The third kappa shape index (κ3) is 6.13. The lowest BCUT2D eigenvalue weighted by Gasteiger charge is -2.36. The van der Waals surface area contributed by atoms with Gasteiger partial charge in [0.1, 0.15) is 5.82 Å². The number of hydrogen-bond acceptors (Lipinski definition) is 3. The minimum absolute atomic E-state index is 0. The molecule has 5 nitrogen and oxygen atoms in total. The maximum absolute atomic E-state index is 4.49. The van der Waals surface area contributed by atoms with Crippen LogP contribution in [0.3, 0.4) is 0 Å². The molecule has 7 heteroatoms. The average Bonchev–Trinajstić information content (AvgIpc) is 2.94. The maximum Gasteiger partial charge on any atom is 0.194 e. The Morgan fingerprint density at radius 1 is 1.42 bits per heavy atom. The fraction of sp³-hybridized carbons (Fsp3) is 0.765. The molecule has 1 aromatic heterocycles. The first-order chi connectivity index (χ1) is 11.0. The minimum Gasteiger partial charge on any atom is -0.349 e. The summed E-state index contributed by atoms with van der Waals surface area (Å²) in [4.78, 5) is 11.4. The Bertz CT molecular complexity index is 515. The molecule has 1 N–H and O–H groups in total. The summed E-state index contributed by atoms with van der Waals surface area (Å²) < 4.78 is 2.23. The molecule has 1 aliphatic heterocycles. The average molecular weight is 465 g/mol. The molecule has 1 atom stereocenters. The molecule has 0 radical (unpaired) electrons. The van der Waals surface area contributed by atoms with E-state index in [1.165, 1.54) is 5.75 Å². The van der Waals surface area contributed by atoms with Gasteiger partial charge in [0.15, 0.2) is 5.96 Å². The molecule has 2 rings (SSSR count). The number of hydrogen-bond donors (Lipinski definition) is 1. The summed E-state index contributed by atoms with van der Waals surface area (Å²) in [5.41, 5.74) is 0. The van der Waals surface area contributed by atoms with E-state index in [2.05, 4.69) is 70.4 Å². The van der Waals surface area contributed by atoms with Crippen molar-refractivity contribution in [3.63, 3.8) is 0 Å². The van der Waals surface area contributed by atoms with E-state index < -0.39 is 0 Å². The second-order valence-corrected chi connectivity index (χ2v) is 8.24. The number of imidazole rings is 1. The van der Waals surface area contributed by atoms with Gasteiger partial charge in [-0.1, -0.05) is 27.7 Å². The first kappa shape index (κ1) is 21.6. The molecular formula is C17H32IN5S. The van der Waals surface area contributed by atoms with E-state index in [4.69, 9.17) is 0 Å². The number of halogens is 1. The Balaban J connectivity index is 0.00000288. The van der Waals surface area contributed by atoms with Crippen molar-refractivity contribution in [2.45, 2.75) is 46.0 Å². The van der Waals surface area contributed by atoms with Crippen LogP contribution in [0.4, 0.5) is 0 Å². The molecule has 1 aliphatic rings. The summed E-state index contributed by atoms with van der Waals surface area (Å²) in [5.74, 6) is 4.56. The van der Waals surface area contributed by atoms with E-state index in [9.17, 15) is 0 Å². The van der Waals surface area contributed by atoms with Gasteiger partial charge in [-0.2, -0.15) is 11.8 Å². The van der Waals surface area contributed by atoms with E-state index in [0.717, 1.165) is 38.0 Å². The molecule has 1 fully saturated rings. The topological polar surface area (TPSA) is 45.5 Å². The van der Waals surface area contributed by atoms with E-state index in [0.29, 0.717) is 17.1 Å². The maximum atomic E-state index is 4.49. The molecule has 1 aromatic rings. The first-order valence-electron chi connectivity index (χ1n) is 8.58. The van der Waals surface area contributed by atoms with Crippen molar-refractivity contribution in [2.75, 3.05) is 25.9 Å². The van der Waals surface area contributed by atoms with Gasteiger partial charge in [0.2, 0.25) is 0 Å². The smallest absolute Gasteiger partial charge is 0.194 e. The zero-order valence-corrected chi connectivity index (χ0v) is 18.7. The van der Waals surface area contributed by atoms with Crippen molar-refractivity contribution >= 4 is 41.7 Å². The molecule has 138 valence electrons. The lowest BCUT2D eigenvalue weighted by molar-refractivity contribution is 0.379. The van der Waals surface area contributed by atoms with Crippen molar-refractivity contribution in [3.05, 3.63) is 18.2 Å². The van der Waals surface area contributed by atoms with Crippen LogP contribution >= 0.6 is 35.7 Å². The third-order valence-electron chi connectivity index (χ3n) is 4.12. The van der Waals surface area contributed by atoms with Crippen molar-refractivity contribution < 1.29 is 0 Å². The molecule has 0 amide bonds. The normalized spacial score (nSPS) is 18.9. The predicted octanol–water partition coefficient (Wildman–Crippen LogP) is 3.31. The Labute approximate surface area is 168 Å². The summed E-state index contributed by atoms with van der Waals surface area (Å²) >= 11 is 2.09. The highest BCUT2D eigenvalue weighted by atomic mass is 127. The lowest BCUT2D eigenvalue weighted by atomic mass is 10.1. The number of guanidine groups is 1. The van der Waals surface area contributed by atoms with E-state index >= 15 is 0 Å². The molecule has 0 spiro atoms. The van der Waals surface area contributed by atoms with Gasteiger partial charge < -0.3 is 14.8 Å². The second kappa shape index (κ2) is 10.5. The minimum atomic E-state index is 0. The van der Waals surface area contributed by atoms with Gasteiger partial charge >= 0.3 is 0 Å². The standard InChI is InChI=1S/C17H31N5S.HI/c1-13(2)11-21-7-6-19-16(21)10-20-17(18-5)22-8-9-23-15(12-22)14(3)4;/h6-7,13-15H,8-12H2,1-5H3,(H,18,20);1H. The highest BCUT2D eigenvalue weighted by Gasteiger charge is 2.24. The van der Waals surface area contributed by atoms with Crippen molar-refractivity contribution in [3.8, 4) is 0 Å². The Morgan fingerprint density at radius 2 is 2.17 bits per heavy atom. The zero-order valence-electron chi connectivity index (χ0n) is 15.5. The largest absolute Gasteiger partial charge is 0.349 e. The number of thioether (sulfide) groups is 1. The Hall–Kier alpha value is -0.440. The lowest BCUT2D eigenvalue weighted by Crippen LogP contribution is -2.49. The van der Waals surface area contributed by atoms with E-state index in [1.807, 2.05) is 13.2 Å². The Morgan fingerprint density at radius 3 is 2.79 bits per heavy atom. The van der Waals surface area contributed by atoms with E-state index in [1.54, 1.807) is 0 Å². The molecule has 0 bridgehead atoms. The van der Waals surface area contributed by atoms with Crippen LogP contribution in [0.5, 0.6) is 0 Å². The summed E-state index contributed by atoms with van der Waals surface area (Å²) in [6.07, 6.45) is 3.95. The van der Waals surface area contributed by atoms with Crippen LogP contribution in [0.15, 0.2) is 17.4 Å². The highest BCUT2D eigenvalue weighted by molar-refractivity contribution is 14.0. The molecule has 24 heavy (non-hydrogen) atoms. The quantitative estimate of drug-likeness (QED) is 0.412. The molecular weight excluding hydrogens is 433 g/mol. The van der Waals surface area contributed by atoms with E-state index in [-0.39, 0.29) is 24.0 Å². The van der Waals surface area contributed by atoms with Gasteiger partial charge in [0.05, 0.1) is 6.54 Å². The number of nitrogens with one attached hydrogen (secondary N) is 1. The van der Waals surface area contributed by atoms with Crippen LogP contribution in [0.1, 0.15) is 33.5 Å². The first-order valence-corrected chi connectivity index (χ1v) is 9.63. The molecule has 0 saturated carbocycles. The van der Waals surface area contributed by atoms with Gasteiger partial charge in [-0.3, -0.25) is 4.99 Å². The molecule has 0 aliphatic carbocycles. The van der Waals surface area contributed by atoms with Crippen LogP contribution in [0.2, 0.25) is 0 Å². The van der Waals surface area contributed by atoms with Crippen molar-refractivity contribution in [1.29, 1.82) is 0 Å². The van der Waals surface area contributed by atoms with Gasteiger partial charge in [0.25, 0.3) is 0 Å². The number of aliphatic imine (C=N–C) groups is 1. The van der Waals surface area contributed by atoms with Gasteiger partial charge in [-0.15, -0.1) is 24.0 Å². The van der Waals surface area contributed by atoms with Gasteiger partial charge in [0, 0.05) is 50.1 Å². The number of rotatable bonds is 5. The van der Waals surface area contributed by atoms with Crippen molar-refractivity contribution in [2.24, 2.45) is 16.8 Å². The SMILES string of the molecule is CN=C(NCc1nccn1CC(C)C)N1CCSC(C(C)C)C1.I. The summed E-state index contributed by atoms with van der Waals surface area (Å²) in [6.45, 7) is 12.9. The third-order valence-corrected chi connectivity index (χ3v) is 5.66. The van der Waals surface area contributed by atoms with Crippen LogP contribution in [-0.4, -0.2) is 51.6 Å². The fourth-order valence-electron chi connectivity index (χ4n) is 2.83. The van der Waals surface area contributed by atoms with Crippen LogP contribution in [-0.2, 0) is 13.1 Å². The predicted molar refractivity (Wildman–Crippen MR) is 115 cm³/mol. The molecule has 1 unspecified atom stereocenters. The number of nitrogens with zero attached hydrogens (tertiary/aromatic N) is 4. The fourth-order valence-corrected chi connectivity index (χ4v) is 4.13. The second-order valence-electron chi connectivity index (χ2n) is 6.89.